The fourth-order valence-corrected chi connectivity index (χ4v) is 1.66. The van der Waals surface area contributed by atoms with Crippen molar-refractivity contribution in [1.82, 2.24) is 10.3 Å². The third-order valence-electron chi connectivity index (χ3n) is 2.74. The molecule has 1 amide bonds. The monoisotopic (exact) mass is 277 g/mol. The molecule has 0 saturated carbocycles. The minimum atomic E-state index is -0.925. The Bertz CT molecular complexity index is 642. The van der Waals surface area contributed by atoms with E-state index in [0.29, 0.717) is 0 Å². The van der Waals surface area contributed by atoms with Crippen molar-refractivity contribution < 1.29 is 13.6 Å². The molecule has 6 heteroatoms. The van der Waals surface area contributed by atoms with Crippen LogP contribution >= 0.6 is 0 Å². The topological polar surface area (TPSA) is 68.0 Å². The van der Waals surface area contributed by atoms with Gasteiger partial charge in [0.1, 0.15) is 5.82 Å². The molecule has 1 aromatic heterocycles. The van der Waals surface area contributed by atoms with Gasteiger partial charge in [-0.25, -0.2) is 8.78 Å². The first-order chi connectivity index (χ1) is 9.47. The highest BCUT2D eigenvalue weighted by Gasteiger charge is 2.15. The predicted molar refractivity (Wildman–Crippen MR) is 70.9 cm³/mol. The number of halogens is 2. The van der Waals surface area contributed by atoms with Crippen LogP contribution < -0.4 is 11.1 Å². The van der Waals surface area contributed by atoms with Gasteiger partial charge in [-0.2, -0.15) is 0 Å². The van der Waals surface area contributed by atoms with E-state index in [2.05, 4.69) is 10.3 Å². The third-order valence-corrected chi connectivity index (χ3v) is 2.74. The second kappa shape index (κ2) is 5.64. The minimum absolute atomic E-state index is 0.169. The van der Waals surface area contributed by atoms with E-state index in [1.165, 1.54) is 0 Å². The first-order valence-corrected chi connectivity index (χ1v) is 5.91. The summed E-state index contributed by atoms with van der Waals surface area (Å²) < 4.78 is 26.8. The fraction of sp³-hybridized carbons (Fsp3) is 0.143. The largest absolute Gasteiger partial charge is 0.396 e. The molecule has 1 aromatic carbocycles. The summed E-state index contributed by atoms with van der Waals surface area (Å²) in [5.41, 5.74) is 6.08. The zero-order valence-electron chi connectivity index (χ0n) is 10.8. The highest BCUT2D eigenvalue weighted by atomic mass is 19.1. The summed E-state index contributed by atoms with van der Waals surface area (Å²) in [7, 11) is 0. The van der Waals surface area contributed by atoms with Gasteiger partial charge in [0.15, 0.2) is 5.82 Å². The van der Waals surface area contributed by atoms with Gasteiger partial charge in [-0.1, -0.05) is 6.07 Å². The van der Waals surface area contributed by atoms with E-state index in [9.17, 15) is 13.6 Å². The number of benzene rings is 1. The molecule has 0 fully saturated rings. The minimum Gasteiger partial charge on any atom is -0.396 e. The highest BCUT2D eigenvalue weighted by molar-refractivity contribution is 5.95. The summed E-state index contributed by atoms with van der Waals surface area (Å²) in [6.07, 6.45) is 1.60. The molecular formula is C14H13F2N3O. The van der Waals surface area contributed by atoms with Crippen LogP contribution in [0, 0.1) is 18.6 Å². The van der Waals surface area contributed by atoms with Gasteiger partial charge in [0.2, 0.25) is 0 Å². The van der Waals surface area contributed by atoms with Crippen molar-refractivity contribution in [3.05, 3.63) is 58.9 Å². The van der Waals surface area contributed by atoms with Gasteiger partial charge in [-0.05, 0) is 30.7 Å². The lowest BCUT2D eigenvalue weighted by molar-refractivity contribution is 0.0946. The molecule has 0 spiro atoms. The molecule has 0 aliphatic heterocycles. The number of carbonyl (C=O) groups is 1. The van der Waals surface area contributed by atoms with Crippen molar-refractivity contribution in [2.24, 2.45) is 0 Å². The van der Waals surface area contributed by atoms with E-state index in [0.717, 1.165) is 23.4 Å². The van der Waals surface area contributed by atoms with Crippen LogP contribution in [-0.4, -0.2) is 10.9 Å². The number of nitrogens with two attached hydrogens (primary N) is 1. The Kier molecular flexibility index (Phi) is 3.93. The quantitative estimate of drug-likeness (QED) is 0.845. The summed E-state index contributed by atoms with van der Waals surface area (Å²) in [4.78, 5) is 15.9. The molecule has 1 heterocycles. The Balaban J connectivity index is 2.11. The number of aromatic nitrogens is 1. The number of amides is 1. The van der Waals surface area contributed by atoms with E-state index in [4.69, 9.17) is 5.73 Å². The van der Waals surface area contributed by atoms with Crippen molar-refractivity contribution >= 4 is 11.6 Å². The van der Waals surface area contributed by atoms with Crippen molar-refractivity contribution in [3.8, 4) is 0 Å². The van der Waals surface area contributed by atoms with Gasteiger partial charge in [-0.15, -0.1) is 0 Å². The molecule has 0 radical (unpaired) electrons. The third kappa shape index (κ3) is 3.09. The number of aryl methyl sites for hydroxylation is 1. The Labute approximate surface area is 114 Å². The van der Waals surface area contributed by atoms with Gasteiger partial charge >= 0.3 is 0 Å². The number of anilines is 1. The van der Waals surface area contributed by atoms with E-state index >= 15 is 0 Å². The number of carbonyl (C=O) groups excluding carboxylic acids is 1. The van der Waals surface area contributed by atoms with Crippen LogP contribution in [0.15, 0.2) is 30.5 Å². The number of pyridine rings is 1. The molecule has 104 valence electrons. The number of rotatable bonds is 3. The van der Waals surface area contributed by atoms with Crippen LogP contribution in [0.2, 0.25) is 0 Å². The second-order valence-corrected chi connectivity index (χ2v) is 4.35. The average Bonchev–Trinajstić information content (AvgIpc) is 2.42. The molecule has 4 nitrogen and oxygen atoms in total. The first-order valence-electron chi connectivity index (χ1n) is 5.91. The SMILES string of the molecule is Cc1ccc(CNC(=O)c2cc(F)cc(N)c2F)cn1. The molecular weight excluding hydrogens is 264 g/mol. The molecule has 0 aliphatic carbocycles. The first kappa shape index (κ1) is 13.9. The molecule has 0 saturated heterocycles. The summed E-state index contributed by atoms with van der Waals surface area (Å²) >= 11 is 0. The van der Waals surface area contributed by atoms with E-state index in [-0.39, 0.29) is 6.54 Å². The van der Waals surface area contributed by atoms with Crippen molar-refractivity contribution in [3.63, 3.8) is 0 Å². The Hall–Kier alpha value is -2.50. The number of hydrogen-bond acceptors (Lipinski definition) is 3. The Morgan fingerprint density at radius 1 is 1.35 bits per heavy atom. The number of nitrogen functional groups attached to an aromatic ring is 1. The zero-order chi connectivity index (χ0) is 14.7. The highest BCUT2D eigenvalue weighted by Crippen LogP contribution is 2.17. The van der Waals surface area contributed by atoms with E-state index in [1.807, 2.05) is 6.92 Å². The Morgan fingerprint density at radius 3 is 2.75 bits per heavy atom. The van der Waals surface area contributed by atoms with Crippen LogP contribution in [-0.2, 0) is 6.54 Å². The lowest BCUT2D eigenvalue weighted by Crippen LogP contribution is -2.24. The van der Waals surface area contributed by atoms with E-state index < -0.39 is 28.8 Å². The van der Waals surface area contributed by atoms with Crippen molar-refractivity contribution in [1.29, 1.82) is 0 Å². The maximum atomic E-state index is 13.6. The summed E-state index contributed by atoms with van der Waals surface area (Å²) in [6.45, 7) is 2.01. The molecule has 0 unspecified atom stereocenters. The molecule has 20 heavy (non-hydrogen) atoms. The van der Waals surface area contributed by atoms with Gasteiger partial charge in [0.25, 0.3) is 5.91 Å². The maximum absolute atomic E-state index is 13.6. The van der Waals surface area contributed by atoms with Gasteiger partial charge in [0, 0.05) is 18.4 Å². The lowest BCUT2D eigenvalue weighted by Gasteiger charge is -2.08. The van der Waals surface area contributed by atoms with Crippen LogP contribution in [0.5, 0.6) is 0 Å². The predicted octanol–water partition coefficient (Wildman–Crippen LogP) is 2.18. The number of nitrogens with one attached hydrogen (secondary N) is 1. The summed E-state index contributed by atoms with van der Waals surface area (Å²) in [5, 5.41) is 2.49. The molecule has 0 aliphatic rings. The second-order valence-electron chi connectivity index (χ2n) is 4.35. The summed E-state index contributed by atoms with van der Waals surface area (Å²) in [6, 6.07) is 5.23. The summed E-state index contributed by atoms with van der Waals surface area (Å²) in [5.74, 6) is -2.41. The average molecular weight is 277 g/mol. The zero-order valence-corrected chi connectivity index (χ0v) is 10.8. The van der Waals surface area contributed by atoms with Gasteiger partial charge in [-0.3, -0.25) is 9.78 Å². The molecule has 0 bridgehead atoms. The maximum Gasteiger partial charge on any atom is 0.254 e. The van der Waals surface area contributed by atoms with E-state index in [1.54, 1.807) is 18.3 Å². The normalized spacial score (nSPS) is 10.3. The van der Waals surface area contributed by atoms with Gasteiger partial charge < -0.3 is 11.1 Å². The van der Waals surface area contributed by atoms with Crippen LogP contribution in [0.4, 0.5) is 14.5 Å². The molecule has 2 rings (SSSR count). The molecule has 0 atom stereocenters. The lowest BCUT2D eigenvalue weighted by atomic mass is 10.1. The fourth-order valence-electron chi connectivity index (χ4n) is 1.66. The van der Waals surface area contributed by atoms with Crippen LogP contribution in [0.1, 0.15) is 21.6 Å². The number of nitrogens with zero attached hydrogens (tertiary/aromatic N) is 1. The van der Waals surface area contributed by atoms with Crippen molar-refractivity contribution in [2.75, 3.05) is 5.73 Å². The van der Waals surface area contributed by atoms with Crippen LogP contribution in [0.25, 0.3) is 0 Å². The smallest absolute Gasteiger partial charge is 0.254 e. The number of hydrogen-bond donors (Lipinski definition) is 2. The standard InChI is InChI=1S/C14H13F2N3O/c1-8-2-3-9(6-18-8)7-19-14(20)11-4-10(15)5-12(17)13(11)16/h2-6H,7,17H2,1H3,(H,19,20). The van der Waals surface area contributed by atoms with Gasteiger partial charge in [0.05, 0.1) is 11.3 Å². The Morgan fingerprint density at radius 2 is 2.10 bits per heavy atom. The molecule has 2 aromatic rings. The van der Waals surface area contributed by atoms with Crippen molar-refractivity contribution in [2.45, 2.75) is 13.5 Å². The van der Waals surface area contributed by atoms with Crippen LogP contribution in [0.3, 0.4) is 0 Å². The molecule has 3 N–H and O–H groups in total.